The van der Waals surface area contributed by atoms with Crippen molar-refractivity contribution in [2.45, 2.75) is 19.1 Å². The van der Waals surface area contributed by atoms with Gasteiger partial charge in [-0.3, -0.25) is 14.4 Å². The van der Waals surface area contributed by atoms with E-state index in [9.17, 15) is 13.2 Å². The molecule has 2 saturated heterocycles. The average molecular weight is 386 g/mol. The lowest BCUT2D eigenvalue weighted by molar-refractivity contribution is 0.0839. The Bertz CT molecular complexity index is 944. The number of sulfone groups is 1. The largest absolute Gasteiger partial charge is 0.421 e. The second-order valence-corrected chi connectivity index (χ2v) is 9.43. The molecule has 0 spiro atoms. The van der Waals surface area contributed by atoms with E-state index < -0.39 is 9.84 Å². The van der Waals surface area contributed by atoms with Crippen LogP contribution in [-0.2, 0) is 16.5 Å². The third kappa shape index (κ3) is 3.48. The molecule has 1 atom stereocenters. The van der Waals surface area contributed by atoms with Gasteiger partial charge in [-0.25, -0.2) is 13.2 Å². The monoisotopic (exact) mass is 385 g/mol. The number of halogens is 1. The number of oxazole rings is 1. The van der Waals surface area contributed by atoms with Crippen LogP contribution in [-0.4, -0.2) is 66.5 Å². The number of nitrogens with zero attached hydrogens (tertiary/aromatic N) is 3. The van der Waals surface area contributed by atoms with E-state index in [2.05, 4.69) is 9.80 Å². The first-order valence-corrected chi connectivity index (χ1v) is 10.6. The quantitative estimate of drug-likeness (QED) is 0.785. The molecular weight excluding hydrogens is 366 g/mol. The summed E-state index contributed by atoms with van der Waals surface area (Å²) in [5.41, 5.74) is 1.23. The van der Waals surface area contributed by atoms with Crippen molar-refractivity contribution in [1.29, 1.82) is 0 Å². The number of piperazine rings is 1. The molecule has 2 aromatic rings. The predicted molar refractivity (Wildman–Crippen MR) is 95.7 cm³/mol. The molecule has 4 rings (SSSR count). The van der Waals surface area contributed by atoms with Crippen LogP contribution in [0.5, 0.6) is 0 Å². The molecule has 0 N–H and O–H groups in total. The fourth-order valence-corrected chi connectivity index (χ4v) is 5.63. The number of fused-ring (bicyclic) bond motifs is 1. The van der Waals surface area contributed by atoms with Gasteiger partial charge in [0.05, 0.1) is 23.7 Å². The van der Waals surface area contributed by atoms with Crippen molar-refractivity contribution >= 4 is 32.5 Å². The van der Waals surface area contributed by atoms with Crippen LogP contribution >= 0.6 is 11.6 Å². The van der Waals surface area contributed by atoms with Crippen molar-refractivity contribution in [1.82, 2.24) is 14.4 Å². The van der Waals surface area contributed by atoms with E-state index >= 15 is 0 Å². The molecular formula is C16H20ClN3O4S. The van der Waals surface area contributed by atoms with Gasteiger partial charge in [-0.05, 0) is 24.6 Å². The summed E-state index contributed by atoms with van der Waals surface area (Å²) < 4.78 is 30.2. The first-order valence-electron chi connectivity index (χ1n) is 8.37. The van der Waals surface area contributed by atoms with Crippen LogP contribution in [0.4, 0.5) is 0 Å². The third-order valence-electron chi connectivity index (χ3n) is 5.10. The zero-order valence-corrected chi connectivity index (χ0v) is 15.3. The Labute approximate surface area is 150 Å². The zero-order chi connectivity index (χ0) is 17.6. The SMILES string of the molecule is O=c1oc2ccc(Cl)cc2n1CN1CCN([C@@H]2CCS(=O)(=O)C2)CC1. The molecule has 0 aliphatic carbocycles. The summed E-state index contributed by atoms with van der Waals surface area (Å²) in [4.78, 5) is 16.6. The molecule has 1 aromatic carbocycles. The van der Waals surface area contributed by atoms with E-state index in [4.69, 9.17) is 16.0 Å². The fourth-order valence-electron chi connectivity index (χ4n) is 3.70. The Morgan fingerprint density at radius 1 is 1.20 bits per heavy atom. The summed E-state index contributed by atoms with van der Waals surface area (Å²) >= 11 is 6.03. The highest BCUT2D eigenvalue weighted by molar-refractivity contribution is 7.91. The molecule has 1 aromatic heterocycles. The summed E-state index contributed by atoms with van der Waals surface area (Å²) in [6.07, 6.45) is 0.729. The van der Waals surface area contributed by atoms with E-state index in [-0.39, 0.29) is 17.6 Å². The van der Waals surface area contributed by atoms with Crippen molar-refractivity contribution in [2.24, 2.45) is 0 Å². The Balaban J connectivity index is 1.43. The van der Waals surface area contributed by atoms with Gasteiger partial charge in [-0.1, -0.05) is 11.6 Å². The van der Waals surface area contributed by atoms with Crippen LogP contribution in [0.2, 0.25) is 5.02 Å². The Kier molecular flexibility index (Phi) is 4.39. The molecule has 0 unspecified atom stereocenters. The van der Waals surface area contributed by atoms with Crippen LogP contribution in [0.25, 0.3) is 11.1 Å². The van der Waals surface area contributed by atoms with Crippen molar-refractivity contribution in [3.8, 4) is 0 Å². The Hall–Kier alpha value is -1.35. The molecule has 136 valence electrons. The van der Waals surface area contributed by atoms with Crippen LogP contribution in [0.1, 0.15) is 6.42 Å². The highest BCUT2D eigenvalue weighted by atomic mass is 35.5. The minimum Gasteiger partial charge on any atom is -0.408 e. The van der Waals surface area contributed by atoms with Crippen LogP contribution in [0.15, 0.2) is 27.4 Å². The van der Waals surface area contributed by atoms with E-state index in [0.717, 1.165) is 32.6 Å². The minimum absolute atomic E-state index is 0.142. The van der Waals surface area contributed by atoms with Crippen molar-refractivity contribution < 1.29 is 12.8 Å². The molecule has 0 bridgehead atoms. The first kappa shape index (κ1) is 17.1. The van der Waals surface area contributed by atoms with E-state index in [1.165, 1.54) is 0 Å². The lowest BCUT2D eigenvalue weighted by atomic mass is 10.2. The van der Waals surface area contributed by atoms with Crippen molar-refractivity contribution in [3.63, 3.8) is 0 Å². The van der Waals surface area contributed by atoms with Gasteiger partial charge in [0, 0.05) is 37.2 Å². The van der Waals surface area contributed by atoms with Gasteiger partial charge in [0.25, 0.3) is 0 Å². The number of hydrogen-bond acceptors (Lipinski definition) is 6. The molecule has 0 radical (unpaired) electrons. The predicted octanol–water partition coefficient (Wildman–Crippen LogP) is 1.01. The van der Waals surface area contributed by atoms with Gasteiger partial charge in [-0.2, -0.15) is 0 Å². The van der Waals surface area contributed by atoms with Gasteiger partial charge in [0.2, 0.25) is 0 Å². The van der Waals surface area contributed by atoms with E-state index in [0.29, 0.717) is 28.5 Å². The molecule has 3 heterocycles. The Morgan fingerprint density at radius 3 is 2.64 bits per heavy atom. The highest BCUT2D eigenvalue weighted by Crippen LogP contribution is 2.21. The van der Waals surface area contributed by atoms with Crippen LogP contribution in [0, 0.1) is 0 Å². The summed E-state index contributed by atoms with van der Waals surface area (Å²) in [6, 6.07) is 5.28. The van der Waals surface area contributed by atoms with Crippen molar-refractivity contribution in [3.05, 3.63) is 33.8 Å². The molecule has 2 aliphatic heterocycles. The number of benzene rings is 1. The zero-order valence-electron chi connectivity index (χ0n) is 13.7. The smallest absolute Gasteiger partial charge is 0.408 e. The maximum atomic E-state index is 12.1. The van der Waals surface area contributed by atoms with Crippen molar-refractivity contribution in [2.75, 3.05) is 37.7 Å². The fraction of sp³-hybridized carbons (Fsp3) is 0.562. The topological polar surface area (TPSA) is 75.8 Å². The highest BCUT2D eigenvalue weighted by Gasteiger charge is 2.33. The maximum Gasteiger partial charge on any atom is 0.421 e. The average Bonchev–Trinajstić information content (AvgIpc) is 3.08. The summed E-state index contributed by atoms with van der Waals surface area (Å²) in [5.74, 6) is 0.188. The van der Waals surface area contributed by atoms with Crippen LogP contribution < -0.4 is 5.76 Å². The maximum absolute atomic E-state index is 12.1. The second-order valence-electron chi connectivity index (χ2n) is 6.76. The van der Waals surface area contributed by atoms with Crippen LogP contribution in [0.3, 0.4) is 0 Å². The van der Waals surface area contributed by atoms with Gasteiger partial charge in [0.15, 0.2) is 15.4 Å². The Morgan fingerprint density at radius 2 is 1.96 bits per heavy atom. The van der Waals surface area contributed by atoms with Gasteiger partial charge < -0.3 is 4.42 Å². The summed E-state index contributed by atoms with van der Waals surface area (Å²) in [5, 5.41) is 0.564. The van der Waals surface area contributed by atoms with Gasteiger partial charge in [-0.15, -0.1) is 0 Å². The van der Waals surface area contributed by atoms with Gasteiger partial charge >= 0.3 is 5.76 Å². The number of aromatic nitrogens is 1. The number of rotatable bonds is 3. The first-order chi connectivity index (χ1) is 11.9. The lowest BCUT2D eigenvalue weighted by Crippen LogP contribution is -2.51. The van der Waals surface area contributed by atoms with E-state index in [1.54, 1.807) is 22.8 Å². The van der Waals surface area contributed by atoms with E-state index in [1.807, 2.05) is 0 Å². The normalized spacial score (nSPS) is 24.9. The molecule has 25 heavy (non-hydrogen) atoms. The summed E-state index contributed by atoms with van der Waals surface area (Å²) in [6.45, 7) is 3.65. The van der Waals surface area contributed by atoms with Gasteiger partial charge in [0.1, 0.15) is 0 Å². The summed E-state index contributed by atoms with van der Waals surface area (Å²) in [7, 11) is -2.86. The third-order valence-corrected chi connectivity index (χ3v) is 7.09. The molecule has 7 nitrogen and oxygen atoms in total. The molecule has 9 heteroatoms. The molecule has 2 fully saturated rings. The number of hydrogen-bond donors (Lipinski definition) is 0. The lowest BCUT2D eigenvalue weighted by Gasteiger charge is -2.37. The minimum atomic E-state index is -2.86. The standard InChI is InChI=1S/C16H20ClN3O4S/c17-12-1-2-15-14(9-12)20(16(21)24-15)11-18-4-6-19(7-5-18)13-3-8-25(22,23)10-13/h1-2,9,13H,3-8,10-11H2/t13-/m1/s1. The second kappa shape index (κ2) is 6.42. The molecule has 2 aliphatic rings. The molecule has 0 amide bonds. The molecule has 0 saturated carbocycles.